The Bertz CT molecular complexity index is 1410. The van der Waals surface area contributed by atoms with Crippen molar-refractivity contribution in [3.63, 3.8) is 0 Å². The third-order valence-electron chi connectivity index (χ3n) is 5.90. The quantitative estimate of drug-likeness (QED) is 0.378. The Balaban J connectivity index is 1.68. The van der Waals surface area contributed by atoms with Crippen molar-refractivity contribution in [1.82, 2.24) is 9.88 Å². The van der Waals surface area contributed by atoms with E-state index < -0.39 is 0 Å². The minimum absolute atomic E-state index is 0.130. The largest absolute Gasteiger partial charge is 0.497 e. The summed E-state index contributed by atoms with van der Waals surface area (Å²) in [7, 11) is 3.16. The molecule has 4 rings (SSSR count). The van der Waals surface area contributed by atoms with Crippen LogP contribution in [0.3, 0.4) is 0 Å². The first-order valence-corrected chi connectivity index (χ1v) is 11.3. The molecular formula is C28H29N3O4. The SMILES string of the molecule is COc1ccc(CN(Cc2cc3cc(C)cc(C)c3[nH]c2=O)C(=O)Nc2ccccc2OC)cc1. The van der Waals surface area contributed by atoms with Crippen LogP contribution in [0.25, 0.3) is 10.9 Å². The Kier molecular flexibility index (Phi) is 7.06. The minimum Gasteiger partial charge on any atom is -0.497 e. The van der Waals surface area contributed by atoms with Gasteiger partial charge in [-0.2, -0.15) is 0 Å². The van der Waals surface area contributed by atoms with Crippen LogP contribution in [0, 0.1) is 13.8 Å². The van der Waals surface area contributed by atoms with Crippen LogP contribution in [0.1, 0.15) is 22.3 Å². The average Bonchev–Trinajstić information content (AvgIpc) is 2.85. The van der Waals surface area contributed by atoms with Crippen LogP contribution in [-0.4, -0.2) is 30.1 Å². The van der Waals surface area contributed by atoms with Gasteiger partial charge in [-0.3, -0.25) is 4.79 Å². The first-order valence-electron chi connectivity index (χ1n) is 11.3. The molecule has 0 radical (unpaired) electrons. The van der Waals surface area contributed by atoms with E-state index in [0.717, 1.165) is 33.3 Å². The highest BCUT2D eigenvalue weighted by atomic mass is 16.5. The number of pyridine rings is 1. The fourth-order valence-corrected chi connectivity index (χ4v) is 4.15. The van der Waals surface area contributed by atoms with E-state index in [0.29, 0.717) is 23.5 Å². The number of amides is 2. The van der Waals surface area contributed by atoms with Gasteiger partial charge in [-0.1, -0.05) is 35.9 Å². The Morgan fingerprint density at radius 2 is 1.69 bits per heavy atom. The number of carbonyl (C=O) groups excluding carboxylic acids is 1. The Hall–Kier alpha value is -4.26. The Labute approximate surface area is 204 Å². The molecule has 4 aromatic rings. The first-order chi connectivity index (χ1) is 16.9. The van der Waals surface area contributed by atoms with Crippen molar-refractivity contribution >= 4 is 22.6 Å². The van der Waals surface area contributed by atoms with Crippen LogP contribution in [0.2, 0.25) is 0 Å². The zero-order valence-corrected chi connectivity index (χ0v) is 20.3. The lowest BCUT2D eigenvalue weighted by Crippen LogP contribution is -2.35. The summed E-state index contributed by atoms with van der Waals surface area (Å²) in [6, 6.07) is 20.3. The number of nitrogens with zero attached hydrogens (tertiary/aromatic N) is 1. The topological polar surface area (TPSA) is 83.7 Å². The number of para-hydroxylation sites is 2. The number of anilines is 1. The number of hydrogen-bond acceptors (Lipinski definition) is 4. The highest BCUT2D eigenvalue weighted by Gasteiger charge is 2.19. The summed E-state index contributed by atoms with van der Waals surface area (Å²) in [5.41, 5.74) is 4.68. The van der Waals surface area contributed by atoms with E-state index in [9.17, 15) is 9.59 Å². The lowest BCUT2D eigenvalue weighted by Gasteiger charge is -2.24. The molecule has 0 aliphatic rings. The minimum atomic E-state index is -0.342. The molecule has 0 aliphatic carbocycles. The third-order valence-corrected chi connectivity index (χ3v) is 5.90. The number of carbonyl (C=O) groups is 1. The Morgan fingerprint density at radius 3 is 2.40 bits per heavy atom. The fourth-order valence-electron chi connectivity index (χ4n) is 4.15. The number of urea groups is 1. The number of fused-ring (bicyclic) bond motifs is 1. The second-order valence-electron chi connectivity index (χ2n) is 8.50. The fraction of sp³-hybridized carbons (Fsp3) is 0.214. The molecule has 0 unspecified atom stereocenters. The van der Waals surface area contributed by atoms with Gasteiger partial charge >= 0.3 is 6.03 Å². The molecule has 180 valence electrons. The predicted molar refractivity (Wildman–Crippen MR) is 138 cm³/mol. The van der Waals surface area contributed by atoms with Gasteiger partial charge in [-0.15, -0.1) is 0 Å². The van der Waals surface area contributed by atoms with Crippen molar-refractivity contribution < 1.29 is 14.3 Å². The number of H-pyrrole nitrogens is 1. The van der Waals surface area contributed by atoms with E-state index in [4.69, 9.17) is 9.47 Å². The number of aromatic amines is 1. The molecule has 1 aromatic heterocycles. The number of benzene rings is 3. The van der Waals surface area contributed by atoms with Crippen LogP contribution in [0.4, 0.5) is 10.5 Å². The maximum absolute atomic E-state index is 13.4. The zero-order valence-electron chi connectivity index (χ0n) is 20.3. The lowest BCUT2D eigenvalue weighted by atomic mass is 10.0. The van der Waals surface area contributed by atoms with Crippen molar-refractivity contribution in [1.29, 1.82) is 0 Å². The zero-order chi connectivity index (χ0) is 24.9. The maximum atomic E-state index is 13.4. The van der Waals surface area contributed by atoms with Crippen molar-refractivity contribution in [3.05, 3.63) is 99.3 Å². The van der Waals surface area contributed by atoms with E-state index in [-0.39, 0.29) is 18.1 Å². The molecule has 35 heavy (non-hydrogen) atoms. The third kappa shape index (κ3) is 5.46. The van der Waals surface area contributed by atoms with Crippen LogP contribution in [0.15, 0.2) is 71.5 Å². The summed E-state index contributed by atoms with van der Waals surface area (Å²) in [6.45, 7) is 4.43. The monoisotopic (exact) mass is 471 g/mol. The van der Waals surface area contributed by atoms with Gasteiger partial charge < -0.3 is 24.7 Å². The molecule has 2 N–H and O–H groups in total. The molecule has 0 fully saturated rings. The smallest absolute Gasteiger partial charge is 0.322 e. The molecule has 7 nitrogen and oxygen atoms in total. The van der Waals surface area contributed by atoms with Gasteiger partial charge in [0.2, 0.25) is 0 Å². The lowest BCUT2D eigenvalue weighted by molar-refractivity contribution is 0.206. The van der Waals surface area contributed by atoms with Gasteiger partial charge in [-0.05, 0) is 66.8 Å². The van der Waals surface area contributed by atoms with Crippen molar-refractivity contribution in [2.45, 2.75) is 26.9 Å². The van der Waals surface area contributed by atoms with Crippen molar-refractivity contribution in [2.24, 2.45) is 0 Å². The number of aromatic nitrogens is 1. The molecule has 0 atom stereocenters. The van der Waals surface area contributed by atoms with Crippen LogP contribution in [-0.2, 0) is 13.1 Å². The second-order valence-corrected chi connectivity index (χ2v) is 8.50. The molecule has 0 aliphatic heterocycles. The van der Waals surface area contributed by atoms with E-state index in [1.54, 1.807) is 31.3 Å². The number of aryl methyl sites for hydroxylation is 2. The first kappa shape index (κ1) is 23.9. The molecule has 2 amide bonds. The number of nitrogens with one attached hydrogen (secondary N) is 2. The number of rotatable bonds is 7. The highest BCUT2D eigenvalue weighted by molar-refractivity contribution is 5.91. The molecule has 1 heterocycles. The van der Waals surface area contributed by atoms with Gasteiger partial charge in [0.25, 0.3) is 5.56 Å². The number of hydrogen-bond donors (Lipinski definition) is 2. The van der Waals surface area contributed by atoms with Gasteiger partial charge in [0.1, 0.15) is 11.5 Å². The molecule has 3 aromatic carbocycles. The van der Waals surface area contributed by atoms with Crippen LogP contribution in [0.5, 0.6) is 11.5 Å². The predicted octanol–water partition coefficient (Wildman–Crippen LogP) is 5.40. The van der Waals surface area contributed by atoms with Crippen molar-refractivity contribution in [2.75, 3.05) is 19.5 Å². The molecule has 0 bridgehead atoms. The van der Waals surface area contributed by atoms with Gasteiger partial charge in [0.05, 0.1) is 32.0 Å². The van der Waals surface area contributed by atoms with Gasteiger partial charge in [0.15, 0.2) is 0 Å². The van der Waals surface area contributed by atoms with E-state index in [1.165, 1.54) is 0 Å². The molecule has 0 saturated carbocycles. The standard InChI is InChI=1S/C28H29N3O4/c1-18-13-19(2)26-21(14-18)15-22(27(32)30-26)17-31(16-20-9-11-23(34-3)12-10-20)28(33)29-24-7-5-6-8-25(24)35-4/h5-15H,16-17H2,1-4H3,(H,29,33)(H,30,32). The summed E-state index contributed by atoms with van der Waals surface area (Å²) in [6.07, 6.45) is 0. The summed E-state index contributed by atoms with van der Waals surface area (Å²) in [5.74, 6) is 1.29. The maximum Gasteiger partial charge on any atom is 0.322 e. The summed E-state index contributed by atoms with van der Waals surface area (Å²) in [4.78, 5) is 31.0. The second kappa shape index (κ2) is 10.3. The Morgan fingerprint density at radius 1 is 0.943 bits per heavy atom. The van der Waals surface area contributed by atoms with Crippen molar-refractivity contribution in [3.8, 4) is 11.5 Å². The highest BCUT2D eigenvalue weighted by Crippen LogP contribution is 2.25. The van der Waals surface area contributed by atoms with E-state index in [2.05, 4.69) is 10.3 Å². The van der Waals surface area contributed by atoms with Crippen LogP contribution < -0.4 is 20.3 Å². The van der Waals surface area contributed by atoms with E-state index in [1.807, 2.05) is 68.4 Å². The molecule has 0 saturated heterocycles. The van der Waals surface area contributed by atoms with Gasteiger partial charge in [0, 0.05) is 12.1 Å². The normalized spacial score (nSPS) is 10.7. The van der Waals surface area contributed by atoms with E-state index >= 15 is 0 Å². The van der Waals surface area contributed by atoms with Crippen LogP contribution >= 0.6 is 0 Å². The summed E-state index contributed by atoms with van der Waals surface area (Å²) >= 11 is 0. The summed E-state index contributed by atoms with van der Waals surface area (Å²) < 4.78 is 10.6. The molecule has 7 heteroatoms. The average molecular weight is 472 g/mol. The summed E-state index contributed by atoms with van der Waals surface area (Å²) in [5, 5.41) is 3.86. The number of methoxy groups -OCH3 is 2. The molecular weight excluding hydrogens is 442 g/mol. The molecule has 0 spiro atoms. The number of ether oxygens (including phenoxy) is 2. The van der Waals surface area contributed by atoms with Gasteiger partial charge in [-0.25, -0.2) is 4.79 Å².